The molecule has 18 heavy (non-hydrogen) atoms. The van der Waals surface area contributed by atoms with Gasteiger partial charge in [-0.3, -0.25) is 0 Å². The normalized spacial score (nSPS) is 24.0. The SMILES string of the molecule is CC(C)C1CCN(c2cc(Br)nc(C3CC3)n2)C1. The van der Waals surface area contributed by atoms with Gasteiger partial charge in [0.15, 0.2) is 0 Å². The van der Waals surface area contributed by atoms with E-state index in [1.807, 2.05) is 0 Å². The second-order valence-electron chi connectivity index (χ2n) is 5.92. The van der Waals surface area contributed by atoms with Crippen LogP contribution in [0.25, 0.3) is 0 Å². The van der Waals surface area contributed by atoms with Crippen LogP contribution in [0.2, 0.25) is 0 Å². The standard InChI is InChI=1S/C14H20BrN3/c1-9(2)11-5-6-18(8-11)13-7-12(15)16-14(17-13)10-3-4-10/h7,9-11H,3-6,8H2,1-2H3. The molecule has 1 saturated carbocycles. The highest BCUT2D eigenvalue weighted by atomic mass is 79.9. The molecule has 0 bridgehead atoms. The predicted molar refractivity (Wildman–Crippen MR) is 76.9 cm³/mol. The maximum absolute atomic E-state index is 4.76. The molecule has 1 aromatic heterocycles. The summed E-state index contributed by atoms with van der Waals surface area (Å²) in [6, 6.07) is 2.06. The lowest BCUT2D eigenvalue weighted by atomic mass is 9.95. The van der Waals surface area contributed by atoms with E-state index < -0.39 is 0 Å². The van der Waals surface area contributed by atoms with Crippen molar-refractivity contribution in [3.8, 4) is 0 Å². The Labute approximate surface area is 117 Å². The fourth-order valence-corrected chi connectivity index (χ4v) is 3.03. The molecule has 3 nitrogen and oxygen atoms in total. The van der Waals surface area contributed by atoms with Crippen molar-refractivity contribution < 1.29 is 0 Å². The molecule has 1 saturated heterocycles. The molecule has 3 rings (SSSR count). The fraction of sp³-hybridized carbons (Fsp3) is 0.714. The van der Waals surface area contributed by atoms with Crippen molar-refractivity contribution >= 4 is 21.7 Å². The molecule has 0 aromatic carbocycles. The summed E-state index contributed by atoms with van der Waals surface area (Å²) in [6.07, 6.45) is 3.80. The molecule has 1 atom stereocenters. The lowest BCUT2D eigenvalue weighted by Gasteiger charge is -2.19. The minimum atomic E-state index is 0.616. The van der Waals surface area contributed by atoms with Crippen LogP contribution in [-0.4, -0.2) is 23.1 Å². The van der Waals surface area contributed by atoms with Crippen LogP contribution in [-0.2, 0) is 0 Å². The summed E-state index contributed by atoms with van der Waals surface area (Å²) in [5.74, 6) is 4.34. The minimum absolute atomic E-state index is 0.616. The molecule has 0 radical (unpaired) electrons. The highest BCUT2D eigenvalue weighted by Gasteiger charge is 2.30. The molecule has 98 valence electrons. The Hall–Kier alpha value is -0.640. The summed E-state index contributed by atoms with van der Waals surface area (Å²) in [5.41, 5.74) is 0. The third-order valence-electron chi connectivity index (χ3n) is 4.13. The summed E-state index contributed by atoms with van der Waals surface area (Å²) in [5, 5.41) is 0. The number of nitrogens with zero attached hydrogens (tertiary/aromatic N) is 3. The first-order valence-corrected chi connectivity index (χ1v) is 7.72. The molecule has 2 aliphatic rings. The van der Waals surface area contributed by atoms with Gasteiger partial charge in [0.25, 0.3) is 0 Å². The Morgan fingerprint density at radius 1 is 1.28 bits per heavy atom. The van der Waals surface area contributed by atoms with E-state index in [9.17, 15) is 0 Å². The van der Waals surface area contributed by atoms with Gasteiger partial charge in [0.05, 0.1) is 0 Å². The van der Waals surface area contributed by atoms with Gasteiger partial charge in [0, 0.05) is 25.1 Å². The molecule has 4 heteroatoms. The number of hydrogen-bond acceptors (Lipinski definition) is 3. The number of anilines is 1. The van der Waals surface area contributed by atoms with E-state index in [4.69, 9.17) is 4.98 Å². The molecule has 1 aliphatic heterocycles. The lowest BCUT2D eigenvalue weighted by Crippen LogP contribution is -2.22. The van der Waals surface area contributed by atoms with Crippen molar-refractivity contribution in [2.75, 3.05) is 18.0 Å². The Morgan fingerprint density at radius 2 is 2.06 bits per heavy atom. The van der Waals surface area contributed by atoms with Crippen LogP contribution in [0.5, 0.6) is 0 Å². The summed E-state index contributed by atoms with van der Waals surface area (Å²) in [7, 11) is 0. The van der Waals surface area contributed by atoms with Gasteiger partial charge in [0.2, 0.25) is 0 Å². The van der Waals surface area contributed by atoms with Gasteiger partial charge in [-0.05, 0) is 47.0 Å². The Balaban J connectivity index is 1.79. The third-order valence-corrected chi connectivity index (χ3v) is 4.54. The first-order valence-electron chi connectivity index (χ1n) is 6.93. The molecule has 2 heterocycles. The maximum Gasteiger partial charge on any atom is 0.135 e. The topological polar surface area (TPSA) is 29.0 Å². The molecule has 1 aromatic rings. The summed E-state index contributed by atoms with van der Waals surface area (Å²) in [4.78, 5) is 11.7. The van der Waals surface area contributed by atoms with Crippen molar-refractivity contribution in [2.45, 2.75) is 39.0 Å². The summed E-state index contributed by atoms with van der Waals surface area (Å²) >= 11 is 3.52. The zero-order valence-electron chi connectivity index (χ0n) is 11.1. The van der Waals surface area contributed by atoms with Crippen LogP contribution in [0.3, 0.4) is 0 Å². The second-order valence-corrected chi connectivity index (χ2v) is 6.73. The van der Waals surface area contributed by atoms with Gasteiger partial charge < -0.3 is 4.90 Å². The predicted octanol–water partition coefficient (Wildman–Crippen LogP) is 3.60. The highest BCUT2D eigenvalue weighted by Crippen LogP contribution is 2.39. The number of rotatable bonds is 3. The quantitative estimate of drug-likeness (QED) is 0.799. The fourth-order valence-electron chi connectivity index (χ4n) is 2.65. The van der Waals surface area contributed by atoms with Gasteiger partial charge in [-0.15, -0.1) is 0 Å². The van der Waals surface area contributed by atoms with Gasteiger partial charge in [-0.25, -0.2) is 9.97 Å². The van der Waals surface area contributed by atoms with E-state index in [2.05, 4.69) is 45.7 Å². The molecule has 0 spiro atoms. The molecule has 1 unspecified atom stereocenters. The van der Waals surface area contributed by atoms with E-state index in [1.165, 1.54) is 19.3 Å². The smallest absolute Gasteiger partial charge is 0.135 e. The first kappa shape index (κ1) is 12.4. The van der Waals surface area contributed by atoms with E-state index >= 15 is 0 Å². The minimum Gasteiger partial charge on any atom is -0.356 e. The van der Waals surface area contributed by atoms with Gasteiger partial charge in [-0.1, -0.05) is 13.8 Å². The van der Waals surface area contributed by atoms with Crippen LogP contribution in [0, 0.1) is 11.8 Å². The molecule has 1 aliphatic carbocycles. The van der Waals surface area contributed by atoms with Gasteiger partial charge in [-0.2, -0.15) is 0 Å². The number of halogens is 1. The summed E-state index contributed by atoms with van der Waals surface area (Å²) in [6.45, 7) is 6.92. The van der Waals surface area contributed by atoms with Crippen molar-refractivity contribution in [1.82, 2.24) is 9.97 Å². The third kappa shape index (κ3) is 2.53. The van der Waals surface area contributed by atoms with Gasteiger partial charge >= 0.3 is 0 Å². The molecule has 0 amide bonds. The van der Waals surface area contributed by atoms with Crippen molar-refractivity contribution in [3.63, 3.8) is 0 Å². The zero-order valence-corrected chi connectivity index (χ0v) is 12.7. The number of aromatic nitrogens is 2. The maximum atomic E-state index is 4.76. The van der Waals surface area contributed by atoms with E-state index in [0.29, 0.717) is 5.92 Å². The van der Waals surface area contributed by atoms with Crippen LogP contribution >= 0.6 is 15.9 Å². The van der Waals surface area contributed by atoms with E-state index in [1.54, 1.807) is 0 Å². The van der Waals surface area contributed by atoms with E-state index in [-0.39, 0.29) is 0 Å². The molecule has 0 N–H and O–H groups in total. The Morgan fingerprint density at radius 3 is 2.67 bits per heavy atom. The van der Waals surface area contributed by atoms with Gasteiger partial charge in [0.1, 0.15) is 16.2 Å². The monoisotopic (exact) mass is 309 g/mol. The zero-order chi connectivity index (χ0) is 12.7. The lowest BCUT2D eigenvalue weighted by molar-refractivity contribution is 0.422. The van der Waals surface area contributed by atoms with Crippen LogP contribution < -0.4 is 4.90 Å². The van der Waals surface area contributed by atoms with E-state index in [0.717, 1.165) is 41.2 Å². The largest absolute Gasteiger partial charge is 0.356 e. The Kier molecular flexibility index (Phi) is 3.31. The molecule has 2 fully saturated rings. The average molecular weight is 310 g/mol. The summed E-state index contributed by atoms with van der Waals surface area (Å²) < 4.78 is 0.933. The highest BCUT2D eigenvalue weighted by molar-refractivity contribution is 9.10. The van der Waals surface area contributed by atoms with Crippen LogP contribution in [0.4, 0.5) is 5.82 Å². The average Bonchev–Trinajstić information content (AvgIpc) is 3.05. The second kappa shape index (κ2) is 4.80. The van der Waals surface area contributed by atoms with Crippen LogP contribution in [0.1, 0.15) is 44.9 Å². The van der Waals surface area contributed by atoms with Crippen molar-refractivity contribution in [3.05, 3.63) is 16.5 Å². The first-order chi connectivity index (χ1) is 8.63. The van der Waals surface area contributed by atoms with Crippen molar-refractivity contribution in [2.24, 2.45) is 11.8 Å². The number of hydrogen-bond donors (Lipinski definition) is 0. The van der Waals surface area contributed by atoms with Crippen molar-refractivity contribution in [1.29, 1.82) is 0 Å². The molecular formula is C14H20BrN3. The van der Waals surface area contributed by atoms with Crippen LogP contribution in [0.15, 0.2) is 10.7 Å². The molecular weight excluding hydrogens is 290 g/mol. The Bertz CT molecular complexity index is 443.